The van der Waals surface area contributed by atoms with Crippen LogP contribution in [0.4, 0.5) is 0 Å². The molecule has 0 rings (SSSR count). The maximum absolute atomic E-state index is 12.9. The van der Waals surface area contributed by atoms with Crippen LogP contribution in [0.2, 0.25) is 0 Å². The molecule has 0 aliphatic carbocycles. The van der Waals surface area contributed by atoms with Gasteiger partial charge in [0, 0.05) is 19.3 Å². The van der Waals surface area contributed by atoms with E-state index < -0.39 is 12.1 Å². The summed E-state index contributed by atoms with van der Waals surface area (Å²) in [6, 6.07) is 0. The van der Waals surface area contributed by atoms with Gasteiger partial charge in [0.1, 0.15) is 13.2 Å². The molecule has 0 aliphatic heterocycles. The number of rotatable bonds is 57. The zero-order valence-corrected chi connectivity index (χ0v) is 51.1. The molecular formula is C73H118O6. The molecule has 0 fully saturated rings. The molecule has 0 saturated carbocycles. The highest BCUT2D eigenvalue weighted by atomic mass is 16.6. The first-order valence-electron chi connectivity index (χ1n) is 32.3. The van der Waals surface area contributed by atoms with E-state index in [1.807, 2.05) is 6.08 Å². The Morgan fingerprint density at radius 2 is 0.519 bits per heavy atom. The van der Waals surface area contributed by atoms with E-state index in [1.54, 1.807) is 0 Å². The first-order chi connectivity index (χ1) is 39.0. The Morgan fingerprint density at radius 1 is 0.266 bits per heavy atom. The topological polar surface area (TPSA) is 78.9 Å². The van der Waals surface area contributed by atoms with E-state index in [1.165, 1.54) is 96.3 Å². The van der Waals surface area contributed by atoms with Crippen LogP contribution in [0.5, 0.6) is 0 Å². The lowest BCUT2D eigenvalue weighted by molar-refractivity contribution is -0.166. The van der Waals surface area contributed by atoms with Crippen molar-refractivity contribution in [1.82, 2.24) is 0 Å². The van der Waals surface area contributed by atoms with Gasteiger partial charge in [-0.1, -0.05) is 282 Å². The van der Waals surface area contributed by atoms with E-state index in [0.717, 1.165) is 135 Å². The predicted molar refractivity (Wildman–Crippen MR) is 343 cm³/mol. The molecule has 0 saturated heterocycles. The van der Waals surface area contributed by atoms with Gasteiger partial charge in [-0.05, 0) is 122 Å². The Morgan fingerprint density at radius 3 is 0.823 bits per heavy atom. The Hall–Kier alpha value is -4.71. The molecule has 1 unspecified atom stereocenters. The van der Waals surface area contributed by atoms with E-state index >= 15 is 0 Å². The molecule has 0 amide bonds. The lowest BCUT2D eigenvalue weighted by atomic mass is 10.0. The highest BCUT2D eigenvalue weighted by molar-refractivity contribution is 5.71. The lowest BCUT2D eigenvalue weighted by Crippen LogP contribution is -2.30. The Balaban J connectivity index is 4.35. The van der Waals surface area contributed by atoms with Crippen LogP contribution in [0, 0.1) is 0 Å². The molecule has 0 radical (unpaired) electrons. The van der Waals surface area contributed by atoms with Crippen molar-refractivity contribution in [3.05, 3.63) is 146 Å². The fraction of sp³-hybridized carbons (Fsp3) is 0.630. The van der Waals surface area contributed by atoms with Gasteiger partial charge in [-0.15, -0.1) is 0 Å². The second-order valence-electron chi connectivity index (χ2n) is 20.9. The summed E-state index contributed by atoms with van der Waals surface area (Å²) in [5.74, 6) is -1.02. The van der Waals surface area contributed by atoms with Crippen LogP contribution < -0.4 is 0 Å². The third-order valence-corrected chi connectivity index (χ3v) is 13.3. The smallest absolute Gasteiger partial charge is 0.306 e. The molecule has 0 N–H and O–H groups in total. The molecule has 6 heteroatoms. The largest absolute Gasteiger partial charge is 0.462 e. The molecule has 6 nitrogen and oxygen atoms in total. The Labute approximate surface area is 487 Å². The van der Waals surface area contributed by atoms with Crippen molar-refractivity contribution in [3.8, 4) is 0 Å². The quantitative estimate of drug-likeness (QED) is 0.0261. The predicted octanol–water partition coefficient (Wildman–Crippen LogP) is 22.3. The van der Waals surface area contributed by atoms with Gasteiger partial charge < -0.3 is 14.2 Å². The van der Waals surface area contributed by atoms with Crippen molar-refractivity contribution in [2.45, 2.75) is 284 Å². The highest BCUT2D eigenvalue weighted by Gasteiger charge is 2.19. The average molecular weight is 1090 g/mol. The summed E-state index contributed by atoms with van der Waals surface area (Å²) in [6.07, 6.45) is 94.5. The summed E-state index contributed by atoms with van der Waals surface area (Å²) in [5.41, 5.74) is 0. The summed E-state index contributed by atoms with van der Waals surface area (Å²) < 4.78 is 16.8. The summed E-state index contributed by atoms with van der Waals surface area (Å²) in [7, 11) is 0. The summed E-state index contributed by atoms with van der Waals surface area (Å²) in [5, 5.41) is 0. The van der Waals surface area contributed by atoms with E-state index in [0.29, 0.717) is 19.3 Å². The van der Waals surface area contributed by atoms with Crippen molar-refractivity contribution < 1.29 is 28.6 Å². The number of hydrogen-bond acceptors (Lipinski definition) is 6. The lowest BCUT2D eigenvalue weighted by Gasteiger charge is -2.18. The van der Waals surface area contributed by atoms with Gasteiger partial charge >= 0.3 is 17.9 Å². The van der Waals surface area contributed by atoms with E-state index in [4.69, 9.17) is 14.2 Å². The molecule has 0 bridgehead atoms. The van der Waals surface area contributed by atoms with Crippen LogP contribution >= 0.6 is 0 Å². The Bertz CT molecular complexity index is 1730. The molecule has 0 aromatic heterocycles. The molecular weight excluding hydrogens is 973 g/mol. The standard InChI is InChI=1S/C73H118O6/c1-4-7-10-13-16-19-22-25-27-29-31-32-33-34-35-36-37-38-39-40-42-43-45-48-51-54-57-60-63-66-72(75)78-69-70(68-77-71(74)65-62-59-56-53-50-47-24-21-18-15-12-9-6-3)79-73(76)67-64-61-58-55-52-49-46-44-41-30-28-26-23-20-17-14-11-8-5-2/h7-8,10-12,15-17,19-21,24-28,31-32,41,44,49,52,58,61,70H,4-6,9,13-14,18,22-23,29-30,33-40,42-43,45-48,50-51,53-57,59-60,62-69H2,1-3H3/b10-7-,11-8-,15-12-,19-16-,20-17-,24-21-,27-25-,28-26-,32-31-,44-41-,52-49-,61-58-. The van der Waals surface area contributed by atoms with Crippen molar-refractivity contribution >= 4 is 17.9 Å². The molecule has 0 spiro atoms. The number of ether oxygens (including phenoxy) is 3. The number of hydrogen-bond donors (Lipinski definition) is 0. The summed E-state index contributed by atoms with van der Waals surface area (Å²) in [6.45, 7) is 6.28. The van der Waals surface area contributed by atoms with Crippen LogP contribution in [0.15, 0.2) is 146 Å². The van der Waals surface area contributed by atoms with Gasteiger partial charge in [0.15, 0.2) is 6.10 Å². The van der Waals surface area contributed by atoms with Crippen molar-refractivity contribution in [1.29, 1.82) is 0 Å². The maximum Gasteiger partial charge on any atom is 0.306 e. The third-order valence-electron chi connectivity index (χ3n) is 13.3. The minimum absolute atomic E-state index is 0.116. The highest BCUT2D eigenvalue weighted by Crippen LogP contribution is 2.16. The number of carbonyl (C=O) groups excluding carboxylic acids is 3. The zero-order chi connectivity index (χ0) is 57.1. The van der Waals surface area contributed by atoms with Gasteiger partial charge in [0.25, 0.3) is 0 Å². The first-order valence-corrected chi connectivity index (χ1v) is 32.3. The Kier molecular flexibility index (Phi) is 61.9. The van der Waals surface area contributed by atoms with E-state index in [2.05, 4.69) is 161 Å². The molecule has 446 valence electrons. The summed E-state index contributed by atoms with van der Waals surface area (Å²) in [4.78, 5) is 38.3. The van der Waals surface area contributed by atoms with Crippen LogP contribution in [0.25, 0.3) is 0 Å². The van der Waals surface area contributed by atoms with Crippen LogP contribution in [-0.4, -0.2) is 37.2 Å². The molecule has 0 aromatic rings. The summed E-state index contributed by atoms with van der Waals surface area (Å²) >= 11 is 0. The number of esters is 3. The molecule has 0 heterocycles. The molecule has 0 aromatic carbocycles. The fourth-order valence-electron chi connectivity index (χ4n) is 8.56. The van der Waals surface area contributed by atoms with Crippen LogP contribution in [0.3, 0.4) is 0 Å². The minimum atomic E-state index is -0.830. The van der Waals surface area contributed by atoms with Crippen LogP contribution in [0.1, 0.15) is 278 Å². The van der Waals surface area contributed by atoms with Gasteiger partial charge in [0.2, 0.25) is 0 Å². The zero-order valence-electron chi connectivity index (χ0n) is 51.1. The molecule has 1 atom stereocenters. The van der Waals surface area contributed by atoms with E-state index in [-0.39, 0.29) is 31.6 Å². The number of carbonyl (C=O) groups is 3. The maximum atomic E-state index is 12.9. The normalized spacial score (nSPS) is 13.1. The number of allylic oxidation sites excluding steroid dienone is 24. The van der Waals surface area contributed by atoms with Gasteiger partial charge in [-0.25, -0.2) is 0 Å². The van der Waals surface area contributed by atoms with E-state index in [9.17, 15) is 14.4 Å². The third kappa shape index (κ3) is 64.0. The van der Waals surface area contributed by atoms with Gasteiger partial charge in [-0.2, -0.15) is 0 Å². The van der Waals surface area contributed by atoms with Crippen molar-refractivity contribution in [2.75, 3.05) is 13.2 Å². The second kappa shape index (κ2) is 65.8. The van der Waals surface area contributed by atoms with Gasteiger partial charge in [0.05, 0.1) is 0 Å². The number of unbranched alkanes of at least 4 members (excludes halogenated alkanes) is 22. The minimum Gasteiger partial charge on any atom is -0.462 e. The van der Waals surface area contributed by atoms with Crippen molar-refractivity contribution in [2.24, 2.45) is 0 Å². The van der Waals surface area contributed by atoms with Crippen molar-refractivity contribution in [3.63, 3.8) is 0 Å². The molecule has 79 heavy (non-hydrogen) atoms. The van der Waals surface area contributed by atoms with Gasteiger partial charge in [-0.3, -0.25) is 14.4 Å². The fourth-order valence-corrected chi connectivity index (χ4v) is 8.56. The van der Waals surface area contributed by atoms with Crippen LogP contribution in [-0.2, 0) is 28.6 Å². The molecule has 0 aliphatic rings. The second-order valence-corrected chi connectivity index (χ2v) is 20.9. The first kappa shape index (κ1) is 74.3. The SMILES string of the molecule is CC/C=C\C/C=C\C/C=C\C/C=C\C/C=C\C/C=C\CCC(=O)OC(COC(=O)CCCCCCC/C=C\C/C=C\CCC)COC(=O)CCCCCCCCCCCCCCCCCC/C=C\C/C=C\C/C=C\C/C=C\CC. The average Bonchev–Trinajstić information content (AvgIpc) is 3.45. The monoisotopic (exact) mass is 1090 g/mol.